The fraction of sp³-hybridized carbons (Fsp3) is 0.174. The van der Waals surface area contributed by atoms with E-state index in [1.54, 1.807) is 24.3 Å². The number of benzene rings is 3. The highest BCUT2D eigenvalue weighted by atomic mass is 35.5. The number of phenolic OH excluding ortho intramolecular Hbond substituents is 1. The van der Waals surface area contributed by atoms with Gasteiger partial charge in [0.05, 0.1) is 22.2 Å². The normalized spacial score (nSPS) is 11.1. The Morgan fingerprint density at radius 3 is 2.47 bits per heavy atom. The largest absolute Gasteiger partial charge is 0.507 e. The van der Waals surface area contributed by atoms with E-state index in [0.717, 1.165) is 11.1 Å². The Labute approximate surface area is 196 Å². The Morgan fingerprint density at radius 1 is 1.03 bits per heavy atom. The van der Waals surface area contributed by atoms with Gasteiger partial charge in [-0.2, -0.15) is 13.7 Å². The summed E-state index contributed by atoms with van der Waals surface area (Å²) in [6.07, 6.45) is 1.11. The van der Waals surface area contributed by atoms with E-state index >= 15 is 0 Å². The number of hydrogen-bond donors (Lipinski definition) is 1. The molecule has 3 aromatic carbocycles. The van der Waals surface area contributed by atoms with E-state index in [9.17, 15) is 13.5 Å². The van der Waals surface area contributed by atoms with Gasteiger partial charge in [0.25, 0.3) is 0 Å². The van der Waals surface area contributed by atoms with Gasteiger partial charge in [-0.1, -0.05) is 42.3 Å². The number of ether oxygens (including phenoxy) is 1. The number of nitriles is 1. The minimum absolute atomic E-state index is 0.0847. The van der Waals surface area contributed by atoms with E-state index in [2.05, 4.69) is 0 Å². The molecule has 0 atom stereocenters. The summed E-state index contributed by atoms with van der Waals surface area (Å²) in [6.45, 7) is 2.19. The van der Waals surface area contributed by atoms with Crippen LogP contribution in [0.4, 0.5) is 0 Å². The van der Waals surface area contributed by atoms with Gasteiger partial charge in [-0.25, -0.2) is 0 Å². The molecule has 0 spiro atoms. The summed E-state index contributed by atoms with van der Waals surface area (Å²) >= 11 is 12.0. The predicted molar refractivity (Wildman–Crippen MR) is 122 cm³/mol. The molecule has 1 N–H and O–H groups in total. The summed E-state index contributed by atoms with van der Waals surface area (Å²) in [6, 6.07) is 15.9. The molecule has 0 amide bonds. The lowest BCUT2D eigenvalue weighted by molar-refractivity contribution is 0.320. The summed E-state index contributed by atoms with van der Waals surface area (Å²) in [7, 11) is -4.21. The molecule has 0 saturated carbocycles. The van der Waals surface area contributed by atoms with E-state index in [1.807, 2.05) is 13.0 Å². The topological polar surface area (TPSA) is 96.6 Å². The maximum Gasteiger partial charge on any atom is 0.340 e. The molecule has 0 bridgehead atoms. The van der Waals surface area contributed by atoms with E-state index in [4.69, 9.17) is 37.4 Å². The van der Waals surface area contributed by atoms with Gasteiger partial charge in [-0.05, 0) is 53.9 Å². The maximum atomic E-state index is 12.7. The van der Waals surface area contributed by atoms with Gasteiger partial charge in [-0.3, -0.25) is 0 Å². The molecular formula is C23H19Cl2NO5S. The molecule has 0 aliphatic rings. The molecule has 0 aliphatic heterocycles. The molecule has 0 aromatic heterocycles. The van der Waals surface area contributed by atoms with Gasteiger partial charge in [0.1, 0.15) is 28.2 Å². The van der Waals surface area contributed by atoms with Crippen LogP contribution in [-0.2, 0) is 23.0 Å². The van der Waals surface area contributed by atoms with Crippen molar-refractivity contribution >= 4 is 33.3 Å². The average Bonchev–Trinajstić information content (AvgIpc) is 2.75. The van der Waals surface area contributed by atoms with Crippen LogP contribution < -0.4 is 8.92 Å². The summed E-state index contributed by atoms with van der Waals surface area (Å²) in [5.41, 5.74) is 1.82. The number of halogens is 2. The van der Waals surface area contributed by atoms with Crippen LogP contribution in [0.15, 0.2) is 59.5 Å². The van der Waals surface area contributed by atoms with Crippen LogP contribution in [0, 0.1) is 11.3 Å². The van der Waals surface area contributed by atoms with Crippen LogP contribution in [0.1, 0.15) is 23.6 Å². The van der Waals surface area contributed by atoms with Crippen molar-refractivity contribution in [3.05, 3.63) is 81.3 Å². The zero-order valence-electron chi connectivity index (χ0n) is 17.0. The molecule has 0 heterocycles. The van der Waals surface area contributed by atoms with Gasteiger partial charge in [0.2, 0.25) is 0 Å². The van der Waals surface area contributed by atoms with Crippen LogP contribution in [0.5, 0.6) is 17.2 Å². The van der Waals surface area contributed by atoms with Gasteiger partial charge in [0.15, 0.2) is 0 Å². The van der Waals surface area contributed by atoms with Crippen molar-refractivity contribution in [1.82, 2.24) is 0 Å². The number of nitrogens with zero attached hydrogens (tertiary/aromatic N) is 1. The van der Waals surface area contributed by atoms with Crippen LogP contribution in [0.3, 0.4) is 0 Å². The molecular weight excluding hydrogens is 473 g/mol. The lowest BCUT2D eigenvalue weighted by atomic mass is 10.1. The number of aromatic hydroxyl groups is 1. The highest BCUT2D eigenvalue weighted by Gasteiger charge is 2.22. The third-order valence-electron chi connectivity index (χ3n) is 4.58. The van der Waals surface area contributed by atoms with Gasteiger partial charge in [-0.15, -0.1) is 0 Å². The summed E-state index contributed by atoms with van der Waals surface area (Å²) in [4.78, 5) is -0.225. The molecule has 166 valence electrons. The second kappa shape index (κ2) is 10.1. The fourth-order valence-corrected chi connectivity index (χ4v) is 4.58. The Hall–Kier alpha value is -2.92. The van der Waals surface area contributed by atoms with Crippen molar-refractivity contribution < 1.29 is 22.4 Å². The highest BCUT2D eigenvalue weighted by molar-refractivity contribution is 7.87. The zero-order chi connectivity index (χ0) is 23.3. The van der Waals surface area contributed by atoms with Gasteiger partial charge < -0.3 is 14.0 Å². The first-order chi connectivity index (χ1) is 15.2. The molecule has 0 radical (unpaired) electrons. The van der Waals surface area contributed by atoms with Crippen molar-refractivity contribution in [3.8, 4) is 23.3 Å². The Bertz CT molecular complexity index is 1290. The molecule has 6 nitrogen and oxygen atoms in total. The molecule has 0 unspecified atom stereocenters. The average molecular weight is 492 g/mol. The first-order valence-electron chi connectivity index (χ1n) is 9.60. The number of aryl methyl sites for hydroxylation is 1. The number of rotatable bonds is 8. The first-order valence-corrected chi connectivity index (χ1v) is 11.8. The van der Waals surface area contributed by atoms with Crippen molar-refractivity contribution in [2.75, 3.05) is 6.61 Å². The highest BCUT2D eigenvalue weighted by Crippen LogP contribution is 2.32. The van der Waals surface area contributed by atoms with Crippen LogP contribution in [-0.4, -0.2) is 20.1 Å². The standard InChI is InChI=1S/C23H19Cl2NO5S/c1-2-15-10-18(30-9-8-16-6-7-17(14-26)21(27)12-16)13-19(11-15)31-32(28,29)22-5-3-4-20(24)23(22)25/h3-7,10-13,27H,2,8-9H2,1H3. The van der Waals surface area contributed by atoms with Crippen molar-refractivity contribution in [2.45, 2.75) is 24.7 Å². The molecule has 3 rings (SSSR count). The van der Waals surface area contributed by atoms with Crippen molar-refractivity contribution in [2.24, 2.45) is 0 Å². The quantitative estimate of drug-likeness (QED) is 0.416. The lowest BCUT2D eigenvalue weighted by Crippen LogP contribution is -2.11. The Morgan fingerprint density at radius 2 is 1.78 bits per heavy atom. The van der Waals surface area contributed by atoms with E-state index < -0.39 is 10.1 Å². The number of phenols is 1. The fourth-order valence-electron chi connectivity index (χ4n) is 2.93. The summed E-state index contributed by atoms with van der Waals surface area (Å²) < 4.78 is 36.5. The van der Waals surface area contributed by atoms with Crippen LogP contribution in [0.2, 0.25) is 10.0 Å². The SMILES string of the molecule is CCc1cc(OCCc2ccc(C#N)c(O)c2)cc(OS(=O)(=O)c2cccc(Cl)c2Cl)c1. The second-order valence-electron chi connectivity index (χ2n) is 6.82. The smallest absolute Gasteiger partial charge is 0.340 e. The van der Waals surface area contributed by atoms with E-state index in [0.29, 0.717) is 18.6 Å². The summed E-state index contributed by atoms with van der Waals surface area (Å²) in [5, 5.41) is 18.7. The third kappa shape index (κ3) is 5.65. The van der Waals surface area contributed by atoms with Gasteiger partial charge >= 0.3 is 10.1 Å². The van der Waals surface area contributed by atoms with Crippen molar-refractivity contribution in [1.29, 1.82) is 5.26 Å². The second-order valence-corrected chi connectivity index (χ2v) is 9.12. The molecule has 32 heavy (non-hydrogen) atoms. The molecule has 0 saturated heterocycles. The summed E-state index contributed by atoms with van der Waals surface area (Å²) in [5.74, 6) is 0.439. The molecule has 0 fully saturated rings. The van der Waals surface area contributed by atoms with Crippen LogP contribution >= 0.6 is 23.2 Å². The Balaban J connectivity index is 1.76. The lowest BCUT2D eigenvalue weighted by Gasteiger charge is -2.13. The monoisotopic (exact) mass is 491 g/mol. The minimum Gasteiger partial charge on any atom is -0.507 e. The molecule has 9 heteroatoms. The predicted octanol–water partition coefficient (Wildman–Crippen LogP) is 5.52. The molecule has 3 aromatic rings. The maximum absolute atomic E-state index is 12.7. The van der Waals surface area contributed by atoms with Crippen LogP contribution in [0.25, 0.3) is 0 Å². The third-order valence-corrected chi connectivity index (χ3v) is 6.80. The van der Waals surface area contributed by atoms with E-state index in [1.165, 1.54) is 30.3 Å². The zero-order valence-corrected chi connectivity index (χ0v) is 19.3. The minimum atomic E-state index is -4.21. The first kappa shape index (κ1) is 23.7. The molecule has 0 aliphatic carbocycles. The van der Waals surface area contributed by atoms with Crippen molar-refractivity contribution in [3.63, 3.8) is 0 Å². The van der Waals surface area contributed by atoms with Gasteiger partial charge in [0, 0.05) is 12.5 Å². The van der Waals surface area contributed by atoms with E-state index in [-0.39, 0.29) is 38.6 Å². The Kier molecular flexibility index (Phi) is 7.52. The number of hydrogen-bond acceptors (Lipinski definition) is 6.